The van der Waals surface area contributed by atoms with Crippen molar-refractivity contribution in [1.82, 2.24) is 5.32 Å². The number of aliphatic hydroxyl groups excluding tert-OH is 2. The number of rotatable bonds is 5. The Labute approximate surface area is 237 Å². The van der Waals surface area contributed by atoms with Gasteiger partial charge in [0, 0.05) is 36.8 Å². The number of ketones is 2. The summed E-state index contributed by atoms with van der Waals surface area (Å²) in [6.45, 7) is 12.4. The molecule has 40 heavy (non-hydrogen) atoms. The summed E-state index contributed by atoms with van der Waals surface area (Å²) in [6, 6.07) is -0.371. The number of halogens is 1. The Balaban J connectivity index is 2.63. The van der Waals surface area contributed by atoms with Gasteiger partial charge in [-0.2, -0.15) is 0 Å². The van der Waals surface area contributed by atoms with Crippen LogP contribution in [0.25, 0.3) is 0 Å². The number of likely N-dealkylation sites (N-methyl/N-ethyl adjacent to an activating group) is 1. The van der Waals surface area contributed by atoms with Crippen LogP contribution in [0, 0.1) is 23.7 Å². The number of esters is 1. The average molecular weight is 576 g/mol. The van der Waals surface area contributed by atoms with Gasteiger partial charge in [0.25, 0.3) is 5.67 Å². The highest BCUT2D eigenvalue weighted by Crippen LogP contribution is 2.38. The van der Waals surface area contributed by atoms with Crippen LogP contribution in [-0.2, 0) is 33.3 Å². The van der Waals surface area contributed by atoms with Gasteiger partial charge in [-0.25, -0.2) is 9.18 Å². The zero-order valence-corrected chi connectivity index (χ0v) is 25.6. The summed E-state index contributed by atoms with van der Waals surface area (Å²) in [6.07, 6.45) is -5.17. The highest BCUT2D eigenvalue weighted by molar-refractivity contribution is 6.07. The van der Waals surface area contributed by atoms with Crippen molar-refractivity contribution in [1.29, 1.82) is 0 Å². The predicted octanol–water partition coefficient (Wildman–Crippen LogP) is 2.36. The monoisotopic (exact) mass is 575 g/mol. The molecular formula is C29H50FNO9. The van der Waals surface area contributed by atoms with Gasteiger partial charge in [-0.15, -0.1) is 0 Å². The van der Waals surface area contributed by atoms with E-state index in [0.717, 1.165) is 6.92 Å². The third kappa shape index (κ3) is 7.10. The predicted molar refractivity (Wildman–Crippen MR) is 145 cm³/mol. The van der Waals surface area contributed by atoms with Crippen LogP contribution >= 0.6 is 0 Å². The molecule has 0 aromatic rings. The van der Waals surface area contributed by atoms with Crippen LogP contribution in [0.3, 0.4) is 0 Å². The number of Topliss-reactive ketones (excluding diaryl/α,β-unsaturated/α-hetero) is 2. The molecule has 2 rings (SSSR count). The minimum absolute atomic E-state index is 0.0501. The zero-order chi connectivity index (χ0) is 30.7. The Hall–Kier alpha value is -1.50. The molecule has 232 valence electrons. The van der Waals surface area contributed by atoms with Crippen LogP contribution in [0.5, 0.6) is 0 Å². The van der Waals surface area contributed by atoms with Crippen LogP contribution in [0.15, 0.2) is 0 Å². The van der Waals surface area contributed by atoms with Crippen molar-refractivity contribution in [3.63, 3.8) is 0 Å². The number of ether oxygens (including phenoxy) is 4. The van der Waals surface area contributed by atoms with Crippen molar-refractivity contribution in [3.05, 3.63) is 0 Å². The number of cyclic esters (lactones) is 1. The van der Waals surface area contributed by atoms with E-state index in [4.69, 9.17) is 18.9 Å². The van der Waals surface area contributed by atoms with Gasteiger partial charge in [-0.1, -0.05) is 34.6 Å². The summed E-state index contributed by atoms with van der Waals surface area (Å²) in [7, 11) is 3.09. The molecule has 0 bridgehead atoms. The smallest absolute Gasteiger partial charge is 0.351 e. The second-order valence-electron chi connectivity index (χ2n) is 12.2. The molecule has 0 radical (unpaired) electrons. The fourth-order valence-corrected chi connectivity index (χ4v) is 6.18. The van der Waals surface area contributed by atoms with Gasteiger partial charge in [-0.3, -0.25) is 9.59 Å². The van der Waals surface area contributed by atoms with Gasteiger partial charge in [-0.05, 0) is 47.1 Å². The standard InChI is InChI=1S/C29H50FNO9/c1-11-20-16(4)22(33)17(5)21(32)14(2)13-28(7,37-10)25(18(6)24(35)29(8,30)27(36)39-20)40-26-23(34)19(31-9)12-15(3)38-26/h14-20,22-23,25-26,31,33-34H,11-13H2,1-10H3/t14-,15-,16+,17+,18+,19+,20-,22+,23-,25-,26+,28-,29+/m1/s1. The third-order valence-electron chi connectivity index (χ3n) is 9.02. The van der Waals surface area contributed by atoms with E-state index in [2.05, 4.69) is 5.32 Å². The maximum Gasteiger partial charge on any atom is 0.351 e. The van der Waals surface area contributed by atoms with E-state index in [1.54, 1.807) is 41.7 Å². The molecule has 0 aromatic heterocycles. The van der Waals surface area contributed by atoms with Crippen molar-refractivity contribution in [3.8, 4) is 0 Å². The summed E-state index contributed by atoms with van der Waals surface area (Å²) >= 11 is 0. The maximum absolute atomic E-state index is 16.1. The Kier molecular flexibility index (Phi) is 11.8. The second-order valence-corrected chi connectivity index (χ2v) is 12.2. The number of hydrogen-bond donors (Lipinski definition) is 3. The molecule has 10 nitrogen and oxygen atoms in total. The van der Waals surface area contributed by atoms with Gasteiger partial charge in [0.2, 0.25) is 0 Å². The van der Waals surface area contributed by atoms with E-state index in [1.165, 1.54) is 14.0 Å². The first-order chi connectivity index (χ1) is 18.5. The molecule has 0 amide bonds. The highest BCUT2D eigenvalue weighted by Gasteiger charge is 2.54. The van der Waals surface area contributed by atoms with Crippen molar-refractivity contribution < 1.29 is 47.9 Å². The van der Waals surface area contributed by atoms with Gasteiger partial charge < -0.3 is 34.5 Å². The first-order valence-corrected chi connectivity index (χ1v) is 14.3. The Morgan fingerprint density at radius 1 is 1.05 bits per heavy atom. The highest BCUT2D eigenvalue weighted by atomic mass is 19.1. The molecule has 11 heteroatoms. The van der Waals surface area contributed by atoms with Crippen molar-refractivity contribution in [2.45, 2.75) is 129 Å². The molecule has 2 heterocycles. The van der Waals surface area contributed by atoms with Crippen LogP contribution in [0.4, 0.5) is 4.39 Å². The van der Waals surface area contributed by atoms with Crippen LogP contribution in [-0.4, -0.2) is 96.0 Å². The van der Waals surface area contributed by atoms with E-state index in [0.29, 0.717) is 6.42 Å². The quantitative estimate of drug-likeness (QED) is 0.331. The fraction of sp³-hybridized carbons (Fsp3) is 0.897. The molecule has 3 N–H and O–H groups in total. The number of nitrogens with one attached hydrogen (secondary N) is 1. The lowest BCUT2D eigenvalue weighted by Gasteiger charge is -2.46. The minimum atomic E-state index is -3.04. The molecule has 2 fully saturated rings. The topological polar surface area (TPSA) is 141 Å². The molecule has 0 spiro atoms. The van der Waals surface area contributed by atoms with E-state index in [9.17, 15) is 24.6 Å². The zero-order valence-electron chi connectivity index (χ0n) is 25.6. The molecule has 0 unspecified atom stereocenters. The van der Waals surface area contributed by atoms with E-state index in [-0.39, 0.29) is 30.8 Å². The molecular weight excluding hydrogens is 525 g/mol. The van der Waals surface area contributed by atoms with E-state index >= 15 is 4.39 Å². The van der Waals surface area contributed by atoms with Crippen LogP contribution in [0.2, 0.25) is 0 Å². The molecule has 2 saturated heterocycles. The minimum Gasteiger partial charge on any atom is -0.459 e. The Morgan fingerprint density at radius 3 is 2.17 bits per heavy atom. The third-order valence-corrected chi connectivity index (χ3v) is 9.02. The van der Waals surface area contributed by atoms with Gasteiger partial charge in [0.1, 0.15) is 18.0 Å². The van der Waals surface area contributed by atoms with Crippen LogP contribution < -0.4 is 5.32 Å². The number of carbonyl (C=O) groups excluding carboxylic acids is 3. The largest absolute Gasteiger partial charge is 0.459 e. The first kappa shape index (κ1) is 34.7. The summed E-state index contributed by atoms with van der Waals surface area (Å²) < 4.78 is 39.6. The number of aliphatic hydroxyl groups is 2. The summed E-state index contributed by atoms with van der Waals surface area (Å²) in [5.74, 6) is -6.16. The molecule has 0 saturated carbocycles. The Bertz CT molecular complexity index is 901. The molecule has 13 atom stereocenters. The summed E-state index contributed by atoms with van der Waals surface area (Å²) in [5.41, 5.74) is -4.41. The maximum atomic E-state index is 16.1. The molecule has 2 aliphatic heterocycles. The number of methoxy groups -OCH3 is 1. The second kappa shape index (κ2) is 13.6. The lowest BCUT2D eigenvalue weighted by atomic mass is 9.74. The van der Waals surface area contributed by atoms with Gasteiger partial charge >= 0.3 is 5.97 Å². The summed E-state index contributed by atoms with van der Waals surface area (Å²) in [4.78, 5) is 40.2. The first-order valence-electron chi connectivity index (χ1n) is 14.3. The number of carbonyl (C=O) groups is 3. The van der Waals surface area contributed by atoms with E-state index in [1.807, 2.05) is 6.92 Å². The Morgan fingerprint density at radius 2 is 1.65 bits per heavy atom. The van der Waals surface area contributed by atoms with Gasteiger partial charge in [0.05, 0.1) is 23.9 Å². The van der Waals surface area contributed by atoms with Crippen LogP contribution in [0.1, 0.15) is 74.7 Å². The number of alkyl halides is 1. The lowest BCUT2D eigenvalue weighted by molar-refractivity contribution is -0.290. The number of hydrogen-bond acceptors (Lipinski definition) is 10. The normalized spacial score (nSPS) is 46.5. The SMILES string of the molecule is CC[C@H]1OC(=O)[C@@](C)(F)C(=O)[C@H](C)[C@@H](O[C@@H]2O[C@H](C)C[C@H](NC)[C@H]2O)[C@](C)(OC)C[C@@H](C)C(=O)[C@H](C)[C@@H](O)[C@H]1C. The molecule has 0 aromatic carbocycles. The summed E-state index contributed by atoms with van der Waals surface area (Å²) in [5, 5.41) is 25.0. The van der Waals surface area contributed by atoms with E-state index < -0.39 is 77.4 Å². The molecule has 2 aliphatic rings. The van der Waals surface area contributed by atoms with Gasteiger partial charge in [0.15, 0.2) is 12.1 Å². The lowest BCUT2D eigenvalue weighted by Crippen LogP contribution is -2.60. The average Bonchev–Trinajstić information content (AvgIpc) is 2.92. The molecule has 0 aliphatic carbocycles. The van der Waals surface area contributed by atoms with Crippen molar-refractivity contribution >= 4 is 17.5 Å². The van der Waals surface area contributed by atoms with Crippen molar-refractivity contribution in [2.24, 2.45) is 23.7 Å². The van der Waals surface area contributed by atoms with Crippen molar-refractivity contribution in [2.75, 3.05) is 14.2 Å². The fourth-order valence-electron chi connectivity index (χ4n) is 6.18.